The van der Waals surface area contributed by atoms with Gasteiger partial charge in [-0.05, 0) is 23.8 Å². The lowest BCUT2D eigenvalue weighted by molar-refractivity contribution is -0.384. The average Bonchev–Trinajstić information content (AvgIpc) is 3.10. The topological polar surface area (TPSA) is 109 Å². The van der Waals surface area contributed by atoms with Crippen molar-refractivity contribution in [1.29, 1.82) is 0 Å². The van der Waals surface area contributed by atoms with Gasteiger partial charge < -0.3 is 19.1 Å². The maximum Gasteiger partial charge on any atom is 0.416 e. The van der Waals surface area contributed by atoms with Gasteiger partial charge in [-0.25, -0.2) is 4.79 Å². The van der Waals surface area contributed by atoms with Crippen LogP contribution in [-0.4, -0.2) is 59.1 Å². The van der Waals surface area contributed by atoms with E-state index in [-0.39, 0.29) is 18.1 Å². The summed E-state index contributed by atoms with van der Waals surface area (Å²) in [6.07, 6.45) is -0.497. The lowest BCUT2D eigenvalue weighted by Gasteiger charge is -2.25. The molecule has 0 saturated carbocycles. The molecule has 10 nitrogen and oxygen atoms in total. The second-order valence-corrected chi connectivity index (χ2v) is 6.74. The van der Waals surface area contributed by atoms with Crippen molar-refractivity contribution in [2.45, 2.75) is 6.54 Å². The van der Waals surface area contributed by atoms with Gasteiger partial charge in [-0.15, -0.1) is 5.10 Å². The minimum Gasteiger partial charge on any atom is -0.497 e. The van der Waals surface area contributed by atoms with Crippen molar-refractivity contribution in [3.63, 3.8) is 0 Å². The number of hydrogen-bond donors (Lipinski definition) is 0. The molecule has 1 amide bonds. The summed E-state index contributed by atoms with van der Waals surface area (Å²) >= 11 is 0. The Kier molecular flexibility index (Phi) is 5.48. The molecule has 0 aliphatic carbocycles. The van der Waals surface area contributed by atoms with E-state index in [0.717, 1.165) is 0 Å². The number of ether oxygens (including phenoxy) is 3. The molecule has 4 rings (SSSR count). The third-order valence-electron chi connectivity index (χ3n) is 4.83. The lowest BCUT2D eigenvalue weighted by Crippen LogP contribution is -2.42. The number of carbonyl (C=O) groups is 1. The van der Waals surface area contributed by atoms with E-state index in [1.165, 1.54) is 12.1 Å². The molecular formula is C20H20N4O6. The summed E-state index contributed by atoms with van der Waals surface area (Å²) in [6, 6.07) is 11.7. The molecule has 156 valence electrons. The fourth-order valence-corrected chi connectivity index (χ4v) is 3.29. The first-order valence-electron chi connectivity index (χ1n) is 9.37. The number of nitro benzene ring substituents is 1. The number of non-ortho nitro benzene ring substituents is 1. The summed E-state index contributed by atoms with van der Waals surface area (Å²) in [7, 11) is 1.55. The van der Waals surface area contributed by atoms with E-state index >= 15 is 0 Å². The van der Waals surface area contributed by atoms with Crippen LogP contribution in [0.5, 0.6) is 11.6 Å². The van der Waals surface area contributed by atoms with E-state index in [1.54, 1.807) is 41.0 Å². The van der Waals surface area contributed by atoms with Crippen LogP contribution < -0.4 is 9.47 Å². The minimum atomic E-state index is -0.497. The largest absolute Gasteiger partial charge is 0.497 e. The molecule has 30 heavy (non-hydrogen) atoms. The van der Waals surface area contributed by atoms with E-state index in [9.17, 15) is 14.9 Å². The standard InChI is InChI=1S/C20H20N4O6/c1-28-16-5-6-18-17(12-16)19(30-20(25)22-7-9-29-10-8-22)21-23(18)13-14-3-2-4-15(11-14)24(26)27/h2-6,11-12H,7-10,13H2,1H3. The highest BCUT2D eigenvalue weighted by Gasteiger charge is 2.22. The highest BCUT2D eigenvalue weighted by Crippen LogP contribution is 2.30. The molecule has 1 aliphatic rings. The Balaban J connectivity index is 1.67. The van der Waals surface area contributed by atoms with Gasteiger partial charge in [-0.1, -0.05) is 12.1 Å². The number of nitrogens with zero attached hydrogens (tertiary/aromatic N) is 4. The Labute approximate surface area is 171 Å². The molecule has 2 aromatic carbocycles. The molecule has 1 saturated heterocycles. The first kappa shape index (κ1) is 19.6. The van der Waals surface area contributed by atoms with Crippen molar-refractivity contribution in [3.05, 3.63) is 58.1 Å². The summed E-state index contributed by atoms with van der Waals surface area (Å²) < 4.78 is 17.8. The van der Waals surface area contributed by atoms with Crippen molar-refractivity contribution in [1.82, 2.24) is 14.7 Å². The zero-order chi connectivity index (χ0) is 21.1. The van der Waals surface area contributed by atoms with Crippen molar-refractivity contribution in [2.24, 2.45) is 0 Å². The smallest absolute Gasteiger partial charge is 0.416 e. The van der Waals surface area contributed by atoms with Crippen LogP contribution in [0.1, 0.15) is 5.56 Å². The van der Waals surface area contributed by atoms with Crippen LogP contribution in [0.2, 0.25) is 0 Å². The molecule has 0 spiro atoms. The summed E-state index contributed by atoms with van der Waals surface area (Å²) in [5, 5.41) is 16.1. The number of benzene rings is 2. The summed E-state index contributed by atoms with van der Waals surface area (Å²) in [5.74, 6) is 0.756. The van der Waals surface area contributed by atoms with Gasteiger partial charge in [0.2, 0.25) is 0 Å². The van der Waals surface area contributed by atoms with Gasteiger partial charge in [-0.2, -0.15) is 0 Å². The summed E-state index contributed by atoms with van der Waals surface area (Å²) in [5.41, 5.74) is 1.42. The SMILES string of the molecule is COc1ccc2c(c1)c(OC(=O)N1CCOCC1)nn2Cc1cccc([N+](=O)[O-])c1. The fraction of sp³-hybridized carbons (Fsp3) is 0.300. The maximum absolute atomic E-state index is 12.5. The quantitative estimate of drug-likeness (QED) is 0.468. The van der Waals surface area contributed by atoms with E-state index in [0.29, 0.717) is 48.5 Å². The van der Waals surface area contributed by atoms with Gasteiger partial charge >= 0.3 is 6.09 Å². The lowest BCUT2D eigenvalue weighted by atomic mass is 10.2. The molecule has 0 bridgehead atoms. The number of rotatable bonds is 5. The maximum atomic E-state index is 12.5. The van der Waals surface area contributed by atoms with E-state index in [2.05, 4.69) is 5.10 Å². The van der Waals surface area contributed by atoms with Crippen LogP contribution in [0.15, 0.2) is 42.5 Å². The number of morpholine rings is 1. The Morgan fingerprint density at radius 3 is 2.77 bits per heavy atom. The Morgan fingerprint density at radius 1 is 1.23 bits per heavy atom. The number of aromatic nitrogens is 2. The molecular weight excluding hydrogens is 392 g/mol. The third-order valence-corrected chi connectivity index (χ3v) is 4.83. The predicted octanol–water partition coefficient (Wildman–Crippen LogP) is 2.83. The Hall–Kier alpha value is -3.66. The number of fused-ring (bicyclic) bond motifs is 1. The predicted molar refractivity (Wildman–Crippen MR) is 107 cm³/mol. The van der Waals surface area contributed by atoms with Crippen LogP contribution in [0, 0.1) is 10.1 Å². The number of nitro groups is 1. The van der Waals surface area contributed by atoms with E-state index in [4.69, 9.17) is 14.2 Å². The van der Waals surface area contributed by atoms with Crippen LogP contribution >= 0.6 is 0 Å². The van der Waals surface area contributed by atoms with E-state index < -0.39 is 11.0 Å². The first-order chi connectivity index (χ1) is 14.5. The summed E-state index contributed by atoms with van der Waals surface area (Å²) in [4.78, 5) is 24.7. The van der Waals surface area contributed by atoms with Crippen molar-refractivity contribution >= 4 is 22.7 Å². The molecule has 0 unspecified atom stereocenters. The van der Waals surface area contributed by atoms with Crippen molar-refractivity contribution < 1.29 is 23.9 Å². The molecule has 0 atom stereocenters. The van der Waals surface area contributed by atoms with Crippen molar-refractivity contribution in [3.8, 4) is 11.6 Å². The number of amides is 1. The normalized spacial score (nSPS) is 14.0. The van der Waals surface area contributed by atoms with Gasteiger partial charge in [0.1, 0.15) is 5.75 Å². The Bertz CT molecular complexity index is 1090. The van der Waals surface area contributed by atoms with Crippen LogP contribution in [0.3, 0.4) is 0 Å². The van der Waals surface area contributed by atoms with Gasteiger partial charge in [0.25, 0.3) is 11.6 Å². The Morgan fingerprint density at radius 2 is 2.03 bits per heavy atom. The van der Waals surface area contributed by atoms with Crippen LogP contribution in [-0.2, 0) is 11.3 Å². The monoisotopic (exact) mass is 412 g/mol. The molecule has 1 aromatic heterocycles. The highest BCUT2D eigenvalue weighted by molar-refractivity contribution is 5.88. The number of hydrogen-bond acceptors (Lipinski definition) is 7. The van der Waals surface area contributed by atoms with Gasteiger partial charge in [-0.3, -0.25) is 14.8 Å². The second-order valence-electron chi connectivity index (χ2n) is 6.74. The number of methoxy groups -OCH3 is 1. The zero-order valence-electron chi connectivity index (χ0n) is 16.3. The van der Waals surface area contributed by atoms with Gasteiger partial charge in [0.05, 0.1) is 42.7 Å². The third kappa shape index (κ3) is 4.03. The molecule has 2 heterocycles. The summed E-state index contributed by atoms with van der Waals surface area (Å²) in [6.45, 7) is 2.11. The number of carbonyl (C=O) groups excluding carboxylic acids is 1. The fourth-order valence-electron chi connectivity index (χ4n) is 3.29. The van der Waals surface area contributed by atoms with Crippen LogP contribution in [0.4, 0.5) is 10.5 Å². The van der Waals surface area contributed by atoms with Gasteiger partial charge in [0.15, 0.2) is 0 Å². The zero-order valence-corrected chi connectivity index (χ0v) is 16.3. The molecule has 1 fully saturated rings. The first-order valence-corrected chi connectivity index (χ1v) is 9.37. The molecule has 10 heteroatoms. The van der Waals surface area contributed by atoms with Crippen LogP contribution in [0.25, 0.3) is 10.9 Å². The molecule has 3 aromatic rings. The molecule has 0 N–H and O–H groups in total. The van der Waals surface area contributed by atoms with Crippen molar-refractivity contribution in [2.75, 3.05) is 33.4 Å². The van der Waals surface area contributed by atoms with E-state index in [1.807, 2.05) is 6.07 Å². The average molecular weight is 412 g/mol. The molecule has 0 radical (unpaired) electrons. The van der Waals surface area contributed by atoms with Gasteiger partial charge in [0, 0.05) is 25.2 Å². The highest BCUT2D eigenvalue weighted by atomic mass is 16.6. The minimum absolute atomic E-state index is 0.00426. The second kappa shape index (κ2) is 8.37. The molecule has 1 aliphatic heterocycles.